The van der Waals surface area contributed by atoms with Crippen molar-refractivity contribution < 1.29 is 0 Å². The summed E-state index contributed by atoms with van der Waals surface area (Å²) in [6.45, 7) is 6.66. The molecule has 122 valence electrons. The molecule has 3 nitrogen and oxygen atoms in total. The molecule has 5 heteroatoms. The number of thioether (sulfide) groups is 1. The van der Waals surface area contributed by atoms with Gasteiger partial charge in [0.05, 0.1) is 5.69 Å². The molecule has 1 saturated heterocycles. The summed E-state index contributed by atoms with van der Waals surface area (Å²) in [5, 5.41) is 0.804. The fraction of sp³-hybridized carbons (Fsp3) is 0.389. The minimum absolute atomic E-state index is 0.804. The molecule has 1 aliphatic heterocycles. The normalized spacial score (nSPS) is 16.6. The Kier molecular flexibility index (Phi) is 6.34. The van der Waals surface area contributed by atoms with Gasteiger partial charge in [-0.25, -0.2) is 0 Å². The standard InChI is InChI=1S/C18H22ClN3S/c19-16-4-6-18(7-5-16)23-14-13-21-9-11-22(12-10-21)15-17-3-1-2-8-20-17/h1-8H,9-15H2. The molecule has 0 aliphatic carbocycles. The highest BCUT2D eigenvalue weighted by Gasteiger charge is 2.16. The minimum Gasteiger partial charge on any atom is -0.300 e. The monoisotopic (exact) mass is 347 g/mol. The number of piperazine rings is 1. The van der Waals surface area contributed by atoms with Gasteiger partial charge in [0, 0.05) is 61.1 Å². The predicted molar refractivity (Wildman–Crippen MR) is 98.1 cm³/mol. The van der Waals surface area contributed by atoms with Crippen LogP contribution in [-0.2, 0) is 6.54 Å². The van der Waals surface area contributed by atoms with E-state index in [0.29, 0.717) is 0 Å². The molecule has 1 fully saturated rings. The quantitative estimate of drug-likeness (QED) is 0.743. The highest BCUT2D eigenvalue weighted by molar-refractivity contribution is 7.99. The third kappa shape index (κ3) is 5.50. The number of hydrogen-bond donors (Lipinski definition) is 0. The molecular formula is C18H22ClN3S. The van der Waals surface area contributed by atoms with E-state index in [9.17, 15) is 0 Å². The maximum Gasteiger partial charge on any atom is 0.0543 e. The lowest BCUT2D eigenvalue weighted by atomic mass is 10.2. The van der Waals surface area contributed by atoms with Gasteiger partial charge in [-0.2, -0.15) is 0 Å². The summed E-state index contributed by atoms with van der Waals surface area (Å²) in [6.07, 6.45) is 1.87. The van der Waals surface area contributed by atoms with Crippen LogP contribution >= 0.6 is 23.4 Å². The van der Waals surface area contributed by atoms with Gasteiger partial charge in [0.2, 0.25) is 0 Å². The SMILES string of the molecule is Clc1ccc(SCCN2CCN(Cc3ccccn3)CC2)cc1. The molecule has 0 saturated carbocycles. The Bertz CT molecular complexity index is 583. The van der Waals surface area contributed by atoms with Crippen molar-refractivity contribution in [3.05, 3.63) is 59.4 Å². The lowest BCUT2D eigenvalue weighted by molar-refractivity contribution is 0.131. The highest BCUT2D eigenvalue weighted by Crippen LogP contribution is 2.20. The molecule has 1 aromatic heterocycles. The van der Waals surface area contributed by atoms with Gasteiger partial charge in [-0.1, -0.05) is 17.7 Å². The van der Waals surface area contributed by atoms with Crippen molar-refractivity contribution in [2.24, 2.45) is 0 Å². The van der Waals surface area contributed by atoms with Gasteiger partial charge in [-0.3, -0.25) is 14.8 Å². The number of aromatic nitrogens is 1. The van der Waals surface area contributed by atoms with Gasteiger partial charge in [-0.05, 0) is 36.4 Å². The minimum atomic E-state index is 0.804. The second-order valence-electron chi connectivity index (χ2n) is 5.74. The van der Waals surface area contributed by atoms with Gasteiger partial charge in [0.1, 0.15) is 0 Å². The molecule has 0 unspecified atom stereocenters. The van der Waals surface area contributed by atoms with Crippen molar-refractivity contribution in [1.82, 2.24) is 14.8 Å². The molecule has 0 radical (unpaired) electrons. The molecule has 1 aliphatic rings. The number of nitrogens with zero attached hydrogens (tertiary/aromatic N) is 3. The predicted octanol–water partition coefficient (Wildman–Crippen LogP) is 3.64. The number of benzene rings is 1. The molecular weight excluding hydrogens is 326 g/mol. The fourth-order valence-corrected chi connectivity index (χ4v) is 3.75. The number of rotatable bonds is 6. The van der Waals surface area contributed by atoms with Crippen LogP contribution in [-0.4, -0.2) is 53.3 Å². The van der Waals surface area contributed by atoms with Crippen molar-refractivity contribution >= 4 is 23.4 Å². The van der Waals surface area contributed by atoms with Crippen molar-refractivity contribution in [2.45, 2.75) is 11.4 Å². The summed E-state index contributed by atoms with van der Waals surface area (Å²) in [5.74, 6) is 1.13. The average molecular weight is 348 g/mol. The first kappa shape index (κ1) is 16.8. The zero-order chi connectivity index (χ0) is 15.9. The lowest BCUT2D eigenvalue weighted by Crippen LogP contribution is -2.46. The van der Waals surface area contributed by atoms with Gasteiger partial charge in [0.25, 0.3) is 0 Å². The summed E-state index contributed by atoms with van der Waals surface area (Å²) < 4.78 is 0. The van der Waals surface area contributed by atoms with E-state index in [0.717, 1.165) is 50.0 Å². The summed E-state index contributed by atoms with van der Waals surface area (Å²) in [6, 6.07) is 14.2. The number of pyridine rings is 1. The van der Waals surface area contributed by atoms with Gasteiger partial charge >= 0.3 is 0 Å². The van der Waals surface area contributed by atoms with Gasteiger partial charge in [0.15, 0.2) is 0 Å². The average Bonchev–Trinajstić information content (AvgIpc) is 2.59. The Labute approximate surface area is 147 Å². The first-order chi connectivity index (χ1) is 11.3. The van der Waals surface area contributed by atoms with Crippen LogP contribution in [0.4, 0.5) is 0 Å². The van der Waals surface area contributed by atoms with Crippen molar-refractivity contribution in [2.75, 3.05) is 38.5 Å². The zero-order valence-electron chi connectivity index (χ0n) is 13.2. The number of halogens is 1. The highest BCUT2D eigenvalue weighted by atomic mass is 35.5. The molecule has 0 amide bonds. The molecule has 3 rings (SSSR count). The van der Waals surface area contributed by atoms with E-state index < -0.39 is 0 Å². The Hall–Kier alpha value is -1.07. The molecule has 0 spiro atoms. The molecule has 2 aromatic rings. The fourth-order valence-electron chi connectivity index (χ4n) is 2.72. The lowest BCUT2D eigenvalue weighted by Gasteiger charge is -2.34. The van der Waals surface area contributed by atoms with Crippen LogP contribution in [0.3, 0.4) is 0 Å². The van der Waals surface area contributed by atoms with E-state index in [1.807, 2.05) is 36.2 Å². The Morgan fingerprint density at radius 3 is 2.39 bits per heavy atom. The van der Waals surface area contributed by atoms with Crippen molar-refractivity contribution in [3.8, 4) is 0 Å². The van der Waals surface area contributed by atoms with Crippen LogP contribution in [0.1, 0.15) is 5.69 Å². The smallest absolute Gasteiger partial charge is 0.0543 e. The third-order valence-corrected chi connectivity index (χ3v) is 5.31. The van der Waals surface area contributed by atoms with Crippen LogP contribution in [0.5, 0.6) is 0 Å². The largest absolute Gasteiger partial charge is 0.300 e. The second-order valence-corrected chi connectivity index (χ2v) is 7.35. The third-order valence-electron chi connectivity index (χ3n) is 4.07. The molecule has 2 heterocycles. The van der Waals surface area contributed by atoms with Gasteiger partial charge < -0.3 is 0 Å². The molecule has 0 N–H and O–H groups in total. The van der Waals surface area contributed by atoms with E-state index >= 15 is 0 Å². The van der Waals surface area contributed by atoms with Crippen LogP contribution < -0.4 is 0 Å². The summed E-state index contributed by atoms with van der Waals surface area (Å²) >= 11 is 7.81. The van der Waals surface area contributed by atoms with E-state index in [2.05, 4.69) is 39.0 Å². The van der Waals surface area contributed by atoms with Gasteiger partial charge in [-0.15, -0.1) is 11.8 Å². The van der Waals surface area contributed by atoms with Crippen molar-refractivity contribution in [1.29, 1.82) is 0 Å². The molecule has 0 bridgehead atoms. The van der Waals surface area contributed by atoms with Crippen LogP contribution in [0, 0.1) is 0 Å². The zero-order valence-corrected chi connectivity index (χ0v) is 14.8. The maximum absolute atomic E-state index is 5.91. The van der Waals surface area contributed by atoms with E-state index in [-0.39, 0.29) is 0 Å². The van der Waals surface area contributed by atoms with E-state index in [1.54, 1.807) is 0 Å². The van der Waals surface area contributed by atoms with Crippen molar-refractivity contribution in [3.63, 3.8) is 0 Å². The molecule has 23 heavy (non-hydrogen) atoms. The Morgan fingerprint density at radius 2 is 1.70 bits per heavy atom. The van der Waals surface area contributed by atoms with E-state index in [4.69, 9.17) is 11.6 Å². The van der Waals surface area contributed by atoms with Crippen LogP contribution in [0.25, 0.3) is 0 Å². The first-order valence-electron chi connectivity index (χ1n) is 8.02. The number of hydrogen-bond acceptors (Lipinski definition) is 4. The maximum atomic E-state index is 5.91. The first-order valence-corrected chi connectivity index (χ1v) is 9.39. The van der Waals surface area contributed by atoms with Crippen LogP contribution in [0.15, 0.2) is 53.6 Å². The summed E-state index contributed by atoms with van der Waals surface area (Å²) in [7, 11) is 0. The topological polar surface area (TPSA) is 19.4 Å². The second kappa shape index (κ2) is 8.69. The summed E-state index contributed by atoms with van der Waals surface area (Å²) in [4.78, 5) is 10.8. The van der Waals surface area contributed by atoms with E-state index in [1.165, 1.54) is 10.6 Å². The summed E-state index contributed by atoms with van der Waals surface area (Å²) in [5.41, 5.74) is 1.17. The molecule has 0 atom stereocenters. The molecule has 1 aromatic carbocycles. The Morgan fingerprint density at radius 1 is 0.957 bits per heavy atom. The van der Waals surface area contributed by atoms with Crippen LogP contribution in [0.2, 0.25) is 5.02 Å². The Balaban J connectivity index is 1.35.